The van der Waals surface area contributed by atoms with Gasteiger partial charge in [-0.1, -0.05) is 71.6 Å². The predicted molar refractivity (Wildman–Crippen MR) is 153 cm³/mol. The maximum atomic E-state index is 4.76. The Labute approximate surface area is 219 Å². The molecule has 0 amide bonds. The Morgan fingerprint density at radius 3 is 2.39 bits per heavy atom. The van der Waals surface area contributed by atoms with Gasteiger partial charge in [-0.15, -0.1) is 0 Å². The summed E-state index contributed by atoms with van der Waals surface area (Å²) >= 11 is 0. The van der Waals surface area contributed by atoms with Crippen LogP contribution in [0.1, 0.15) is 94.3 Å². The third-order valence-electron chi connectivity index (χ3n) is 13.3. The van der Waals surface area contributed by atoms with E-state index in [0.29, 0.717) is 16.2 Å². The SMILES string of the molecule is C=C1CC(CC2CCC3C4CC5C6C7C=C(C)C(=C)C(C)(C4CCC23C)C756)CC(C)=C1[CH2-].CC.[CH3-].[Cm].[HH]. The molecule has 7 rings (SSSR count). The van der Waals surface area contributed by atoms with Crippen molar-refractivity contribution in [2.75, 3.05) is 0 Å². The molecule has 5 fully saturated rings. The first-order valence-electron chi connectivity index (χ1n) is 14.7. The largest absolute Gasteiger partial charge is 0.358 e. The fourth-order valence-corrected chi connectivity index (χ4v) is 11.7. The van der Waals surface area contributed by atoms with E-state index in [4.69, 9.17) is 6.58 Å². The van der Waals surface area contributed by atoms with Crippen molar-refractivity contribution in [1.29, 1.82) is 0 Å². The summed E-state index contributed by atoms with van der Waals surface area (Å²) < 4.78 is 0. The summed E-state index contributed by atoms with van der Waals surface area (Å²) in [5.41, 5.74) is 8.79. The molecule has 0 bridgehead atoms. The Balaban J connectivity index is 0.000000744. The third kappa shape index (κ3) is 2.81. The van der Waals surface area contributed by atoms with Crippen LogP contribution in [0.15, 0.2) is 47.1 Å². The molecule has 0 nitrogen and oxygen atoms in total. The van der Waals surface area contributed by atoms with E-state index in [1.807, 2.05) is 13.8 Å². The van der Waals surface area contributed by atoms with Gasteiger partial charge in [0.1, 0.15) is 0 Å². The topological polar surface area (TPSA) is 0 Å². The van der Waals surface area contributed by atoms with Crippen molar-refractivity contribution in [3.05, 3.63) is 61.4 Å². The second-order valence-electron chi connectivity index (χ2n) is 13.9. The van der Waals surface area contributed by atoms with Crippen LogP contribution >= 0.6 is 0 Å². The Hall–Kier alpha value is -2.17. The van der Waals surface area contributed by atoms with Crippen molar-refractivity contribution in [3.63, 3.8) is 0 Å². The summed E-state index contributed by atoms with van der Waals surface area (Å²) in [6.07, 6.45) is 14.0. The number of rotatable bonds is 2. The zero-order chi connectivity index (χ0) is 24.4. The Kier molecular flexibility index (Phi) is 6.10. The molecule has 204 valence electrons. The van der Waals surface area contributed by atoms with E-state index >= 15 is 0 Å². The van der Waals surface area contributed by atoms with Crippen LogP contribution in [0.2, 0.25) is 0 Å². The van der Waals surface area contributed by atoms with Gasteiger partial charge >= 0.3 is 0 Å². The maximum Gasteiger partial charge on any atom is 0.00202 e. The van der Waals surface area contributed by atoms with Gasteiger partial charge in [-0.3, -0.25) is 0 Å². The smallest absolute Gasteiger partial charge is 0.00202 e. The molecular weight excluding hydrogens is 667 g/mol. The molecule has 11 unspecified atom stereocenters. The van der Waals surface area contributed by atoms with E-state index < -0.39 is 0 Å². The molecule has 36 heavy (non-hydrogen) atoms. The molecule has 0 N–H and O–H groups in total. The summed E-state index contributed by atoms with van der Waals surface area (Å²) in [7, 11) is 0. The molecule has 7 aliphatic rings. The summed E-state index contributed by atoms with van der Waals surface area (Å²) in [6, 6.07) is 0. The van der Waals surface area contributed by atoms with Crippen molar-refractivity contribution >= 4 is 0 Å². The van der Waals surface area contributed by atoms with Crippen LogP contribution in [-0.2, 0) is 0 Å². The van der Waals surface area contributed by atoms with E-state index in [2.05, 4.69) is 47.3 Å². The van der Waals surface area contributed by atoms with Crippen molar-refractivity contribution in [2.24, 2.45) is 63.6 Å². The van der Waals surface area contributed by atoms with E-state index in [1.54, 1.807) is 12.0 Å². The quantitative estimate of drug-likeness (QED) is 0.249. The minimum absolute atomic E-state index is 0. The fraction of sp³-hybridized carbons (Fsp3) is 0.714. The third-order valence-corrected chi connectivity index (χ3v) is 13.3. The number of hydrogen-bond donors (Lipinski definition) is 0. The van der Waals surface area contributed by atoms with Gasteiger partial charge in [0.05, 0.1) is 0 Å². The maximum absolute atomic E-state index is 4.76. The summed E-state index contributed by atoms with van der Waals surface area (Å²) in [6.45, 7) is 27.5. The molecule has 5 saturated carbocycles. The van der Waals surface area contributed by atoms with Crippen LogP contribution in [0.4, 0.5) is 0 Å². The first kappa shape index (κ1) is 26.9. The van der Waals surface area contributed by atoms with E-state index in [0.717, 1.165) is 47.3 Å². The number of fused-ring (bicyclic) bond motifs is 6. The van der Waals surface area contributed by atoms with Crippen LogP contribution < -0.4 is 0 Å². The van der Waals surface area contributed by atoms with Crippen molar-refractivity contribution < 1.29 is 1.43 Å². The molecule has 0 aromatic rings. The molecular formula is C35H54Cm-2. The van der Waals surface area contributed by atoms with Gasteiger partial charge in [0.25, 0.3) is 0 Å². The monoisotopic (exact) mass is 717 g/mol. The number of allylic oxidation sites excluding steroid dienone is 6. The molecule has 1 heteroatoms. The summed E-state index contributed by atoms with van der Waals surface area (Å²) in [5.74, 6) is 7.53. The molecule has 0 radical (unpaired) electrons. The van der Waals surface area contributed by atoms with Crippen LogP contribution in [0, 0.1) is 77.9 Å². The Morgan fingerprint density at radius 2 is 1.72 bits per heavy atom. The first-order chi connectivity index (χ1) is 16.2. The van der Waals surface area contributed by atoms with Gasteiger partial charge in [-0.05, 0) is 103 Å². The average molecular weight is 722 g/mol. The fourth-order valence-electron chi connectivity index (χ4n) is 11.7. The second kappa shape index (κ2) is 8.16. The molecule has 11 atom stereocenters. The van der Waals surface area contributed by atoms with Gasteiger partial charge in [0.2, 0.25) is 0 Å². The first-order valence-corrected chi connectivity index (χ1v) is 14.7. The normalized spacial score (nSPS) is 51.1. The summed E-state index contributed by atoms with van der Waals surface area (Å²) in [4.78, 5) is 0. The zero-order valence-corrected chi connectivity index (χ0v) is 27.3. The standard InChI is InChI=1S/C32H43.C2H6.CH3.Cm.H2/c1-17-12-22(13-18(2)20(17)4)15-23-8-9-25-24-16-28-29-27-14-19(3)21(5)31(7,32(27,28)29)26(24)10-11-30(23,25)6;1-2;;;/h14,22-29H,1,4-5,8-13,15-16H2,2-3,6-7H3;1-2H3;1H3;;1H/q-1;;-1;;. The molecule has 0 heterocycles. The van der Waals surface area contributed by atoms with E-state index in [9.17, 15) is 0 Å². The van der Waals surface area contributed by atoms with Crippen LogP contribution in [-0.4, -0.2) is 0 Å². The van der Waals surface area contributed by atoms with E-state index in [-0.39, 0.29) is 8.85 Å². The Morgan fingerprint density at radius 1 is 1.03 bits per heavy atom. The van der Waals surface area contributed by atoms with Gasteiger partial charge in [-0.25, -0.2) is 0 Å². The summed E-state index contributed by atoms with van der Waals surface area (Å²) in [5, 5.41) is 0. The molecule has 0 aliphatic heterocycles. The minimum Gasteiger partial charge on any atom is -0.358 e. The van der Waals surface area contributed by atoms with Gasteiger partial charge in [0, 0.05) is 6.84 Å². The van der Waals surface area contributed by atoms with Crippen molar-refractivity contribution in [3.8, 4) is 0 Å². The van der Waals surface area contributed by atoms with Crippen LogP contribution in [0.25, 0.3) is 0 Å². The Bertz CT molecular complexity index is 1020. The number of hydrogen-bond acceptors (Lipinski definition) is 0. The van der Waals surface area contributed by atoms with Crippen LogP contribution in [0.3, 0.4) is 0 Å². The predicted octanol–water partition coefficient (Wildman–Crippen LogP) is 10.1. The van der Waals surface area contributed by atoms with Crippen LogP contribution in [0.5, 0.6) is 0 Å². The molecule has 0 aromatic heterocycles. The minimum atomic E-state index is 0. The zero-order valence-electron chi connectivity index (χ0n) is 24.3. The molecule has 7 aliphatic carbocycles. The van der Waals surface area contributed by atoms with Crippen molar-refractivity contribution in [2.45, 2.75) is 92.9 Å². The molecule has 0 saturated heterocycles. The van der Waals surface area contributed by atoms with Gasteiger partial charge in [-0.2, -0.15) is 30.2 Å². The second-order valence-corrected chi connectivity index (χ2v) is 13.9. The molecule has 1 spiro atoms. The van der Waals surface area contributed by atoms with Gasteiger partial charge < -0.3 is 7.43 Å². The van der Waals surface area contributed by atoms with E-state index in [1.165, 1.54) is 67.2 Å². The van der Waals surface area contributed by atoms with Gasteiger partial charge in [0.15, 0.2) is 0 Å². The van der Waals surface area contributed by atoms with Crippen molar-refractivity contribution in [1.82, 2.24) is 0 Å². The average Bonchev–Trinajstić information content (AvgIpc) is 3.65. The molecule has 0 aromatic carbocycles.